The number of furan rings is 1. The van der Waals surface area contributed by atoms with E-state index in [0.29, 0.717) is 0 Å². The molecule has 3 rings (SSSR count). The van der Waals surface area contributed by atoms with E-state index in [9.17, 15) is 0 Å². The molecule has 0 amide bonds. The van der Waals surface area contributed by atoms with Crippen molar-refractivity contribution in [3.63, 3.8) is 0 Å². The molecule has 0 saturated heterocycles. The third-order valence-corrected chi connectivity index (χ3v) is 3.32. The predicted molar refractivity (Wildman–Crippen MR) is 85.4 cm³/mol. The van der Waals surface area contributed by atoms with Gasteiger partial charge in [0, 0.05) is 24.4 Å². The molecule has 0 aliphatic heterocycles. The summed E-state index contributed by atoms with van der Waals surface area (Å²) in [7, 11) is 0. The highest BCUT2D eigenvalue weighted by atomic mass is 16.3. The summed E-state index contributed by atoms with van der Waals surface area (Å²) in [5, 5.41) is 4.41. The number of benzene rings is 1. The van der Waals surface area contributed by atoms with E-state index in [0.717, 1.165) is 53.5 Å². The van der Waals surface area contributed by atoms with E-state index in [-0.39, 0.29) is 0 Å². The number of hydrogen-bond donors (Lipinski definition) is 1. The van der Waals surface area contributed by atoms with Crippen molar-refractivity contribution in [1.82, 2.24) is 9.97 Å². The maximum absolute atomic E-state index is 5.89. The molecule has 3 aromatic rings. The molecular weight excluding hydrogens is 262 g/mol. The van der Waals surface area contributed by atoms with Crippen LogP contribution in [0, 0.1) is 0 Å². The Bertz CT molecular complexity index is 716. The van der Waals surface area contributed by atoms with Crippen molar-refractivity contribution in [2.24, 2.45) is 0 Å². The van der Waals surface area contributed by atoms with Crippen LogP contribution in [-0.4, -0.2) is 16.5 Å². The van der Waals surface area contributed by atoms with Crippen LogP contribution in [0.25, 0.3) is 22.4 Å². The number of aryl methyl sites for hydroxylation is 1. The molecule has 0 spiro atoms. The molecule has 0 atom stereocenters. The van der Waals surface area contributed by atoms with Crippen molar-refractivity contribution in [2.75, 3.05) is 11.9 Å². The van der Waals surface area contributed by atoms with Crippen molar-refractivity contribution in [3.8, 4) is 11.5 Å². The van der Waals surface area contributed by atoms with Crippen molar-refractivity contribution < 1.29 is 4.42 Å². The number of fused-ring (bicyclic) bond motifs is 1. The van der Waals surface area contributed by atoms with Gasteiger partial charge in [-0.2, -0.15) is 0 Å². The zero-order valence-electron chi connectivity index (χ0n) is 12.4. The molecule has 0 fully saturated rings. The Morgan fingerprint density at radius 2 is 1.95 bits per heavy atom. The molecule has 2 heterocycles. The first-order chi connectivity index (χ1) is 10.3. The average Bonchev–Trinajstić information content (AvgIpc) is 2.96. The number of para-hydroxylation sites is 1. The van der Waals surface area contributed by atoms with Crippen LogP contribution in [0.1, 0.15) is 26.1 Å². The Balaban J connectivity index is 2.03. The van der Waals surface area contributed by atoms with Gasteiger partial charge in [0.15, 0.2) is 5.76 Å². The SMILES string of the molecule is CCCNc1cc(-c2cc3ccccc3o2)nc(CC)n1. The van der Waals surface area contributed by atoms with Crippen LogP contribution in [-0.2, 0) is 6.42 Å². The van der Waals surface area contributed by atoms with E-state index in [1.54, 1.807) is 0 Å². The molecule has 0 saturated carbocycles. The first-order valence-corrected chi connectivity index (χ1v) is 7.41. The minimum absolute atomic E-state index is 0.785. The largest absolute Gasteiger partial charge is 0.454 e. The van der Waals surface area contributed by atoms with Gasteiger partial charge in [0.25, 0.3) is 0 Å². The van der Waals surface area contributed by atoms with Crippen LogP contribution in [0.15, 0.2) is 40.8 Å². The number of nitrogens with zero attached hydrogens (tertiary/aromatic N) is 2. The standard InChI is InChI=1S/C17H19N3O/c1-3-9-18-17-11-13(19-16(4-2)20-17)15-10-12-7-5-6-8-14(12)21-15/h5-8,10-11H,3-4,9H2,1-2H3,(H,18,19,20). The van der Waals surface area contributed by atoms with Gasteiger partial charge in [-0.25, -0.2) is 9.97 Å². The van der Waals surface area contributed by atoms with Gasteiger partial charge in [0.2, 0.25) is 0 Å². The minimum atomic E-state index is 0.785. The first kappa shape index (κ1) is 13.6. The Labute approximate surface area is 124 Å². The molecule has 4 heteroatoms. The van der Waals surface area contributed by atoms with Gasteiger partial charge >= 0.3 is 0 Å². The lowest BCUT2D eigenvalue weighted by Crippen LogP contribution is -2.05. The van der Waals surface area contributed by atoms with Gasteiger partial charge in [-0.15, -0.1) is 0 Å². The van der Waals surface area contributed by atoms with Gasteiger partial charge in [-0.05, 0) is 18.6 Å². The minimum Gasteiger partial charge on any atom is -0.454 e. The second kappa shape index (κ2) is 5.95. The summed E-state index contributed by atoms with van der Waals surface area (Å²) in [5.74, 6) is 2.47. The van der Waals surface area contributed by atoms with Crippen molar-refractivity contribution in [1.29, 1.82) is 0 Å². The lowest BCUT2D eigenvalue weighted by molar-refractivity contribution is 0.627. The molecule has 0 unspecified atom stereocenters. The topological polar surface area (TPSA) is 51.0 Å². The molecule has 4 nitrogen and oxygen atoms in total. The molecule has 108 valence electrons. The Morgan fingerprint density at radius 3 is 2.71 bits per heavy atom. The number of aromatic nitrogens is 2. The van der Waals surface area contributed by atoms with E-state index < -0.39 is 0 Å². The fraction of sp³-hybridized carbons (Fsp3) is 0.294. The van der Waals surface area contributed by atoms with Crippen LogP contribution < -0.4 is 5.32 Å². The number of nitrogens with one attached hydrogen (secondary N) is 1. The lowest BCUT2D eigenvalue weighted by Gasteiger charge is -2.07. The highest BCUT2D eigenvalue weighted by Crippen LogP contribution is 2.27. The molecule has 1 aromatic carbocycles. The van der Waals surface area contributed by atoms with Crippen LogP contribution in [0.5, 0.6) is 0 Å². The van der Waals surface area contributed by atoms with Crippen LogP contribution >= 0.6 is 0 Å². The summed E-state index contributed by atoms with van der Waals surface area (Å²) in [6.07, 6.45) is 1.86. The summed E-state index contributed by atoms with van der Waals surface area (Å²) in [5.41, 5.74) is 1.71. The van der Waals surface area contributed by atoms with Gasteiger partial charge < -0.3 is 9.73 Å². The lowest BCUT2D eigenvalue weighted by atomic mass is 10.2. The predicted octanol–water partition coefficient (Wildman–Crippen LogP) is 4.27. The first-order valence-electron chi connectivity index (χ1n) is 7.41. The van der Waals surface area contributed by atoms with Crippen LogP contribution in [0.3, 0.4) is 0 Å². The zero-order chi connectivity index (χ0) is 14.7. The molecule has 0 aliphatic rings. The van der Waals surface area contributed by atoms with Crippen molar-refractivity contribution in [3.05, 3.63) is 42.2 Å². The van der Waals surface area contributed by atoms with Crippen molar-refractivity contribution in [2.45, 2.75) is 26.7 Å². The summed E-state index contributed by atoms with van der Waals surface area (Å²) in [4.78, 5) is 9.09. The third kappa shape index (κ3) is 2.89. The fourth-order valence-electron chi connectivity index (χ4n) is 2.23. The van der Waals surface area contributed by atoms with E-state index >= 15 is 0 Å². The monoisotopic (exact) mass is 281 g/mol. The molecule has 21 heavy (non-hydrogen) atoms. The maximum Gasteiger partial charge on any atom is 0.154 e. The highest BCUT2D eigenvalue weighted by molar-refractivity contribution is 5.82. The molecule has 2 aromatic heterocycles. The normalized spacial score (nSPS) is 11.0. The average molecular weight is 281 g/mol. The van der Waals surface area contributed by atoms with Gasteiger partial charge in [-0.1, -0.05) is 32.0 Å². The smallest absolute Gasteiger partial charge is 0.154 e. The van der Waals surface area contributed by atoms with Crippen LogP contribution in [0.4, 0.5) is 5.82 Å². The second-order valence-electron chi connectivity index (χ2n) is 4.98. The van der Waals surface area contributed by atoms with E-state index in [2.05, 4.69) is 29.1 Å². The molecule has 1 N–H and O–H groups in total. The van der Waals surface area contributed by atoms with Gasteiger partial charge in [0.05, 0.1) is 0 Å². The molecule has 0 radical (unpaired) electrons. The van der Waals surface area contributed by atoms with E-state index in [1.165, 1.54) is 0 Å². The van der Waals surface area contributed by atoms with E-state index in [4.69, 9.17) is 4.42 Å². The fourth-order valence-corrected chi connectivity index (χ4v) is 2.23. The highest BCUT2D eigenvalue weighted by Gasteiger charge is 2.10. The summed E-state index contributed by atoms with van der Waals surface area (Å²) in [6.45, 7) is 5.09. The number of hydrogen-bond acceptors (Lipinski definition) is 4. The quantitative estimate of drug-likeness (QED) is 0.758. The molecule has 0 aliphatic carbocycles. The van der Waals surface area contributed by atoms with Crippen LogP contribution in [0.2, 0.25) is 0 Å². The number of rotatable bonds is 5. The summed E-state index contributed by atoms with van der Waals surface area (Å²) in [6, 6.07) is 12.0. The Hall–Kier alpha value is -2.36. The van der Waals surface area contributed by atoms with E-state index in [1.807, 2.05) is 36.4 Å². The third-order valence-electron chi connectivity index (χ3n) is 3.32. The molecular formula is C17H19N3O. The Kier molecular flexibility index (Phi) is 3.86. The maximum atomic E-state index is 5.89. The summed E-state index contributed by atoms with van der Waals surface area (Å²) < 4.78 is 5.89. The zero-order valence-corrected chi connectivity index (χ0v) is 12.4. The van der Waals surface area contributed by atoms with Crippen molar-refractivity contribution >= 4 is 16.8 Å². The molecule has 0 bridgehead atoms. The Morgan fingerprint density at radius 1 is 1.10 bits per heavy atom. The van der Waals surface area contributed by atoms with Gasteiger partial charge in [0.1, 0.15) is 22.9 Å². The summed E-state index contributed by atoms with van der Waals surface area (Å²) >= 11 is 0. The van der Waals surface area contributed by atoms with Gasteiger partial charge in [-0.3, -0.25) is 0 Å². The number of anilines is 1. The second-order valence-corrected chi connectivity index (χ2v) is 4.98.